The lowest BCUT2D eigenvalue weighted by Crippen LogP contribution is -2.51. The van der Waals surface area contributed by atoms with E-state index in [4.69, 9.17) is 27.9 Å². The quantitative estimate of drug-likeness (QED) is 0.314. The molecule has 208 valence electrons. The number of nitrogens with zero attached hydrogens (tertiary/aromatic N) is 2. The van der Waals surface area contributed by atoms with Crippen molar-refractivity contribution in [3.8, 4) is 5.75 Å². The Hall–Kier alpha value is -3.27. The van der Waals surface area contributed by atoms with Crippen LogP contribution in [0.5, 0.6) is 5.75 Å². The zero-order valence-electron chi connectivity index (χ0n) is 21.9. The van der Waals surface area contributed by atoms with E-state index >= 15 is 0 Å². The van der Waals surface area contributed by atoms with Crippen molar-refractivity contribution in [1.82, 2.24) is 10.2 Å². The van der Waals surface area contributed by atoms with Gasteiger partial charge in [-0.1, -0.05) is 47.5 Å². The highest BCUT2D eigenvalue weighted by atomic mass is 35.5. The summed E-state index contributed by atoms with van der Waals surface area (Å²) in [6.45, 7) is 5.32. The van der Waals surface area contributed by atoms with Crippen LogP contribution in [0, 0.1) is 0 Å². The van der Waals surface area contributed by atoms with Gasteiger partial charge >= 0.3 is 0 Å². The van der Waals surface area contributed by atoms with E-state index < -0.39 is 28.5 Å². The Bertz CT molecular complexity index is 1380. The lowest BCUT2D eigenvalue weighted by molar-refractivity contribution is -0.139. The molecule has 0 fully saturated rings. The predicted octanol–water partition coefficient (Wildman–Crippen LogP) is 5.14. The number of hydrogen-bond acceptors (Lipinski definition) is 5. The number of carbonyl (C=O) groups is 2. The van der Waals surface area contributed by atoms with Gasteiger partial charge in [0.05, 0.1) is 17.2 Å². The monoisotopic (exact) mass is 591 g/mol. The number of likely N-dealkylation sites (N-methyl/N-ethyl adjacent to an activating group) is 1. The van der Waals surface area contributed by atoms with Gasteiger partial charge in [-0.05, 0) is 74.9 Å². The van der Waals surface area contributed by atoms with Crippen LogP contribution < -0.4 is 14.4 Å². The summed E-state index contributed by atoms with van der Waals surface area (Å²) in [5, 5.41) is 3.63. The smallest absolute Gasteiger partial charge is 0.264 e. The Morgan fingerprint density at radius 2 is 1.51 bits per heavy atom. The average molecular weight is 593 g/mol. The van der Waals surface area contributed by atoms with Gasteiger partial charge in [-0.15, -0.1) is 0 Å². The van der Waals surface area contributed by atoms with Crippen LogP contribution in [0.2, 0.25) is 10.0 Å². The fourth-order valence-electron chi connectivity index (χ4n) is 3.88. The largest absolute Gasteiger partial charge is 0.492 e. The van der Waals surface area contributed by atoms with Gasteiger partial charge in [0, 0.05) is 23.1 Å². The summed E-state index contributed by atoms with van der Waals surface area (Å²) in [6.07, 6.45) is 0. The summed E-state index contributed by atoms with van der Waals surface area (Å²) in [4.78, 5) is 28.0. The molecule has 0 aromatic heterocycles. The molecule has 0 radical (unpaired) electrons. The van der Waals surface area contributed by atoms with E-state index in [-0.39, 0.29) is 29.6 Å². The molecule has 0 saturated heterocycles. The molecule has 1 atom stereocenters. The van der Waals surface area contributed by atoms with Gasteiger partial charge in [-0.25, -0.2) is 8.42 Å². The summed E-state index contributed by atoms with van der Waals surface area (Å²) in [6, 6.07) is 18.3. The average Bonchev–Trinajstić information content (AvgIpc) is 2.92. The Kier molecular flexibility index (Phi) is 10.6. The topological polar surface area (TPSA) is 96.0 Å². The van der Waals surface area contributed by atoms with Crippen molar-refractivity contribution in [2.45, 2.75) is 38.3 Å². The number of nitrogens with one attached hydrogen (secondary N) is 1. The Morgan fingerprint density at radius 1 is 0.923 bits per heavy atom. The van der Waals surface area contributed by atoms with E-state index in [1.54, 1.807) is 69.3 Å². The van der Waals surface area contributed by atoms with Crippen molar-refractivity contribution in [3.63, 3.8) is 0 Å². The number of hydrogen-bond donors (Lipinski definition) is 1. The molecule has 1 N–H and O–H groups in total. The Morgan fingerprint density at radius 3 is 2.10 bits per heavy atom. The third kappa shape index (κ3) is 7.65. The number of para-hydroxylation sites is 2. The van der Waals surface area contributed by atoms with Crippen LogP contribution in [0.1, 0.15) is 26.3 Å². The molecule has 2 amide bonds. The maximum absolute atomic E-state index is 13.9. The van der Waals surface area contributed by atoms with E-state index in [0.717, 1.165) is 9.87 Å². The number of rotatable bonds is 12. The molecule has 0 unspecified atom stereocenters. The van der Waals surface area contributed by atoms with Gasteiger partial charge < -0.3 is 15.0 Å². The van der Waals surface area contributed by atoms with Crippen molar-refractivity contribution < 1.29 is 22.7 Å². The van der Waals surface area contributed by atoms with Crippen LogP contribution in [0.15, 0.2) is 77.7 Å². The third-order valence-electron chi connectivity index (χ3n) is 5.90. The van der Waals surface area contributed by atoms with Crippen molar-refractivity contribution in [2.24, 2.45) is 0 Å². The predicted molar refractivity (Wildman–Crippen MR) is 154 cm³/mol. The standard InChI is InChI=1S/C28H31Cl2N3O5S/c1-4-31-28(35)20(3)32(18-21-10-12-22(29)13-11-21)27(34)19-33(25-8-6-7-9-26(25)38-5-2)39(36,37)24-16-14-23(30)15-17-24/h6-17,20H,4-5,18-19H2,1-3H3,(H,31,35)/t20-/m0/s1. The molecule has 0 saturated carbocycles. The number of benzene rings is 3. The SMILES string of the molecule is CCNC(=O)[C@H](C)N(Cc1ccc(Cl)cc1)C(=O)CN(c1ccccc1OCC)S(=O)(=O)c1ccc(Cl)cc1. The second-order valence-corrected chi connectivity index (χ2v) is 11.3. The van der Waals surface area contributed by atoms with Crippen molar-refractivity contribution in [3.05, 3.63) is 88.4 Å². The third-order valence-corrected chi connectivity index (χ3v) is 8.18. The van der Waals surface area contributed by atoms with E-state index in [0.29, 0.717) is 22.3 Å². The number of halogens is 2. The lowest BCUT2D eigenvalue weighted by Gasteiger charge is -2.32. The number of amides is 2. The van der Waals surface area contributed by atoms with Crippen LogP contribution in [-0.2, 0) is 26.2 Å². The minimum atomic E-state index is -4.25. The summed E-state index contributed by atoms with van der Waals surface area (Å²) in [7, 11) is -4.25. The maximum Gasteiger partial charge on any atom is 0.264 e. The highest BCUT2D eigenvalue weighted by Gasteiger charge is 2.33. The molecule has 11 heteroatoms. The molecular formula is C28H31Cl2N3O5S. The molecule has 39 heavy (non-hydrogen) atoms. The van der Waals surface area contributed by atoms with Crippen LogP contribution in [0.3, 0.4) is 0 Å². The minimum Gasteiger partial charge on any atom is -0.492 e. The van der Waals surface area contributed by atoms with E-state index in [1.165, 1.54) is 29.2 Å². The van der Waals surface area contributed by atoms with Crippen molar-refractivity contribution >= 4 is 50.7 Å². The van der Waals surface area contributed by atoms with E-state index in [1.807, 2.05) is 0 Å². The van der Waals surface area contributed by atoms with E-state index in [9.17, 15) is 18.0 Å². The minimum absolute atomic E-state index is 0.0490. The van der Waals surface area contributed by atoms with Crippen LogP contribution in [0.4, 0.5) is 5.69 Å². The summed E-state index contributed by atoms with van der Waals surface area (Å²) >= 11 is 12.0. The lowest BCUT2D eigenvalue weighted by atomic mass is 10.1. The highest BCUT2D eigenvalue weighted by molar-refractivity contribution is 7.92. The van der Waals surface area contributed by atoms with Gasteiger partial charge in [-0.2, -0.15) is 0 Å². The Balaban J connectivity index is 2.07. The molecule has 3 rings (SSSR count). The molecular weight excluding hydrogens is 561 g/mol. The number of ether oxygens (including phenoxy) is 1. The molecule has 0 bridgehead atoms. The van der Waals surface area contributed by atoms with Gasteiger partial charge in [0.1, 0.15) is 18.3 Å². The second kappa shape index (κ2) is 13.7. The van der Waals surface area contributed by atoms with Gasteiger partial charge in [0.15, 0.2) is 0 Å². The summed E-state index contributed by atoms with van der Waals surface area (Å²) in [5.74, 6) is -0.638. The van der Waals surface area contributed by atoms with Crippen LogP contribution >= 0.6 is 23.2 Å². The molecule has 3 aromatic carbocycles. The molecule has 8 nitrogen and oxygen atoms in total. The normalized spacial score (nSPS) is 11.9. The molecule has 3 aromatic rings. The van der Waals surface area contributed by atoms with Gasteiger partial charge in [0.25, 0.3) is 10.0 Å². The molecule has 0 aliphatic heterocycles. The van der Waals surface area contributed by atoms with Crippen LogP contribution in [-0.4, -0.2) is 50.9 Å². The maximum atomic E-state index is 13.9. The molecule has 0 aliphatic rings. The van der Waals surface area contributed by atoms with Crippen molar-refractivity contribution in [2.75, 3.05) is 24.0 Å². The fraction of sp³-hybridized carbons (Fsp3) is 0.286. The zero-order chi connectivity index (χ0) is 28.6. The number of sulfonamides is 1. The fourth-order valence-corrected chi connectivity index (χ4v) is 5.56. The number of carbonyl (C=O) groups excluding carboxylic acids is 2. The second-order valence-electron chi connectivity index (χ2n) is 8.58. The first kappa shape index (κ1) is 30.3. The van der Waals surface area contributed by atoms with Gasteiger partial charge in [0.2, 0.25) is 11.8 Å². The van der Waals surface area contributed by atoms with Crippen molar-refractivity contribution in [1.29, 1.82) is 0 Å². The van der Waals surface area contributed by atoms with Crippen LogP contribution in [0.25, 0.3) is 0 Å². The first-order chi connectivity index (χ1) is 18.6. The Labute approximate surface area is 239 Å². The zero-order valence-corrected chi connectivity index (χ0v) is 24.3. The first-order valence-corrected chi connectivity index (χ1v) is 14.6. The first-order valence-electron chi connectivity index (χ1n) is 12.4. The highest BCUT2D eigenvalue weighted by Crippen LogP contribution is 2.33. The van der Waals surface area contributed by atoms with E-state index in [2.05, 4.69) is 5.32 Å². The summed E-state index contributed by atoms with van der Waals surface area (Å²) in [5.41, 5.74) is 0.922. The summed E-state index contributed by atoms with van der Waals surface area (Å²) < 4.78 is 34.6. The van der Waals surface area contributed by atoms with Gasteiger partial charge in [-0.3, -0.25) is 13.9 Å². The molecule has 0 heterocycles. The number of anilines is 1. The molecule has 0 aliphatic carbocycles. The molecule has 0 spiro atoms.